The van der Waals surface area contributed by atoms with Crippen LogP contribution in [0.1, 0.15) is 58.3 Å². The van der Waals surface area contributed by atoms with Gasteiger partial charge in [0.25, 0.3) is 0 Å². The van der Waals surface area contributed by atoms with E-state index in [1.54, 1.807) is 0 Å². The fourth-order valence-corrected chi connectivity index (χ4v) is 2.18. The first-order chi connectivity index (χ1) is 9.83. The summed E-state index contributed by atoms with van der Waals surface area (Å²) in [6.07, 6.45) is 15.7. The fourth-order valence-electron chi connectivity index (χ4n) is 2.18. The zero-order valence-electron chi connectivity index (χ0n) is 13.2. The lowest BCUT2D eigenvalue weighted by atomic mass is 10.1. The summed E-state index contributed by atoms with van der Waals surface area (Å²) in [6.45, 7) is 4.59. The van der Waals surface area contributed by atoms with Crippen LogP contribution in [0.2, 0.25) is 0 Å². The van der Waals surface area contributed by atoms with Gasteiger partial charge in [0.15, 0.2) is 0 Å². The molecule has 0 fully saturated rings. The smallest absolute Gasteiger partial charge is 0.362 e. The first-order valence-electron chi connectivity index (χ1n) is 7.70. The first-order valence-corrected chi connectivity index (χ1v) is 9.21. The van der Waals surface area contributed by atoms with Gasteiger partial charge in [-0.05, 0) is 6.42 Å². The van der Waals surface area contributed by atoms with Gasteiger partial charge in [-0.15, -0.1) is 4.20 Å². The van der Waals surface area contributed by atoms with Crippen molar-refractivity contribution < 1.29 is 18.5 Å². The van der Waals surface area contributed by atoms with Gasteiger partial charge in [-0.3, -0.25) is 9.79 Å². The number of rotatable bonds is 9. The van der Waals surface area contributed by atoms with Crippen LogP contribution in [0.3, 0.4) is 0 Å². The van der Waals surface area contributed by atoms with Gasteiger partial charge in [0.1, 0.15) is 0 Å². The Morgan fingerprint density at radius 1 is 1.05 bits per heavy atom. The molecule has 0 amide bonds. The van der Waals surface area contributed by atoms with Crippen LogP contribution in [0.5, 0.6) is 0 Å². The predicted molar refractivity (Wildman–Crippen MR) is 84.2 cm³/mol. The van der Waals surface area contributed by atoms with E-state index in [9.17, 15) is 4.20 Å². The van der Waals surface area contributed by atoms with Crippen LogP contribution in [0.4, 0.5) is 4.20 Å². The molecule has 1 heterocycles. The zero-order valence-corrected chi connectivity index (χ0v) is 14.1. The number of unbranched alkanes of at least 4 members (excludes halogenated alkanes) is 7. The molecule has 0 aromatic carbocycles. The quantitative estimate of drug-likeness (QED) is 0.498. The molecule has 7 heteroatoms. The summed E-state index contributed by atoms with van der Waals surface area (Å²) >= 11 is 0. The largest absolute Gasteiger partial charge is 0.507 e. The monoisotopic (exact) mass is 324 g/mol. The maximum absolute atomic E-state index is 10.4. The third-order valence-electron chi connectivity index (χ3n) is 3.24. The van der Waals surface area contributed by atoms with E-state index in [1.165, 1.54) is 57.9 Å². The standard InChI is InChI=1S/C14H28N2.FH2O3P/c1-3-4-5-6-7-8-9-10-11-16-13-12-15(2)14-16;1-5(2,3)4/h12-13H,3-11,14H2,1-2H3;(H2,2,3,4). The lowest BCUT2D eigenvalue weighted by molar-refractivity contribution is 0.290. The van der Waals surface area contributed by atoms with E-state index in [4.69, 9.17) is 14.4 Å². The zero-order chi connectivity index (χ0) is 16.1. The highest BCUT2D eigenvalue weighted by Crippen LogP contribution is 2.35. The molecule has 0 atom stereocenters. The van der Waals surface area contributed by atoms with E-state index in [0.717, 1.165) is 6.67 Å². The maximum atomic E-state index is 10.4. The van der Waals surface area contributed by atoms with Crippen molar-refractivity contribution in [3.05, 3.63) is 12.4 Å². The Hall–Kier alpha value is -0.580. The molecule has 1 aliphatic rings. The Morgan fingerprint density at radius 3 is 1.95 bits per heavy atom. The number of hydrogen-bond donors (Lipinski definition) is 2. The third kappa shape index (κ3) is 17.4. The molecule has 0 bridgehead atoms. The summed E-state index contributed by atoms with van der Waals surface area (Å²) in [4.78, 5) is 18.6. The van der Waals surface area contributed by atoms with Gasteiger partial charge < -0.3 is 9.80 Å². The molecule has 5 nitrogen and oxygen atoms in total. The van der Waals surface area contributed by atoms with Gasteiger partial charge in [-0.2, -0.15) is 0 Å². The molecular weight excluding hydrogens is 294 g/mol. The minimum Gasteiger partial charge on any atom is -0.362 e. The van der Waals surface area contributed by atoms with Crippen molar-refractivity contribution in [3.8, 4) is 0 Å². The van der Waals surface area contributed by atoms with Crippen molar-refractivity contribution in [2.24, 2.45) is 0 Å². The van der Waals surface area contributed by atoms with Gasteiger partial charge in [-0.1, -0.05) is 51.9 Å². The number of nitrogens with zero attached hydrogens (tertiary/aromatic N) is 2. The Labute approximate surface area is 128 Å². The fraction of sp³-hybridized carbons (Fsp3) is 0.857. The lowest BCUT2D eigenvalue weighted by Gasteiger charge is -2.17. The average molecular weight is 324 g/mol. The molecule has 0 spiro atoms. The van der Waals surface area contributed by atoms with E-state index in [2.05, 4.69) is 36.2 Å². The van der Waals surface area contributed by atoms with Gasteiger partial charge in [0.2, 0.25) is 0 Å². The van der Waals surface area contributed by atoms with Crippen molar-refractivity contribution >= 4 is 7.91 Å². The van der Waals surface area contributed by atoms with Crippen LogP contribution in [-0.2, 0) is 4.57 Å². The van der Waals surface area contributed by atoms with Crippen LogP contribution < -0.4 is 0 Å². The molecule has 0 saturated carbocycles. The van der Waals surface area contributed by atoms with Crippen LogP contribution in [0.15, 0.2) is 12.4 Å². The molecule has 126 valence electrons. The summed E-state index contributed by atoms with van der Waals surface area (Å²) in [5.41, 5.74) is 0. The third-order valence-corrected chi connectivity index (χ3v) is 3.24. The molecule has 0 aromatic heterocycles. The normalized spacial score (nSPS) is 14.3. The van der Waals surface area contributed by atoms with Gasteiger partial charge >= 0.3 is 7.91 Å². The van der Waals surface area contributed by atoms with Crippen LogP contribution in [-0.4, -0.2) is 39.8 Å². The lowest BCUT2D eigenvalue weighted by Crippen LogP contribution is -2.23. The highest BCUT2D eigenvalue weighted by atomic mass is 31.2. The topological polar surface area (TPSA) is 64.0 Å². The summed E-state index contributed by atoms with van der Waals surface area (Å²) in [7, 11) is -3.01. The minimum atomic E-state index is -5.14. The molecule has 0 radical (unpaired) electrons. The highest BCUT2D eigenvalue weighted by Gasteiger charge is 2.06. The Bertz CT molecular complexity index is 315. The Kier molecular flexibility index (Phi) is 11.7. The van der Waals surface area contributed by atoms with E-state index in [0.29, 0.717) is 0 Å². The number of hydrogen-bond acceptors (Lipinski definition) is 3. The molecule has 1 rings (SSSR count). The van der Waals surface area contributed by atoms with Crippen LogP contribution in [0.25, 0.3) is 0 Å². The Balaban J connectivity index is 0.000000690. The van der Waals surface area contributed by atoms with E-state index >= 15 is 0 Å². The molecule has 0 unspecified atom stereocenters. The van der Waals surface area contributed by atoms with Crippen molar-refractivity contribution in [1.29, 1.82) is 0 Å². The molecule has 21 heavy (non-hydrogen) atoms. The minimum absolute atomic E-state index is 1.08. The maximum Gasteiger partial charge on any atom is 0.507 e. The second-order valence-corrected chi connectivity index (χ2v) is 6.40. The molecule has 1 aliphatic heterocycles. The molecular formula is C14H30FN2O3P. The van der Waals surface area contributed by atoms with E-state index < -0.39 is 7.91 Å². The first kappa shape index (κ1) is 20.4. The van der Waals surface area contributed by atoms with Crippen LogP contribution in [0, 0.1) is 0 Å². The summed E-state index contributed by atoms with van der Waals surface area (Å²) in [5.74, 6) is 0. The summed E-state index contributed by atoms with van der Waals surface area (Å²) in [6, 6.07) is 0. The highest BCUT2D eigenvalue weighted by molar-refractivity contribution is 7.45. The predicted octanol–water partition coefficient (Wildman–Crippen LogP) is 3.85. The average Bonchev–Trinajstić information content (AvgIpc) is 2.76. The van der Waals surface area contributed by atoms with Crippen molar-refractivity contribution in [2.45, 2.75) is 58.3 Å². The molecule has 0 saturated heterocycles. The van der Waals surface area contributed by atoms with Gasteiger partial charge in [0.05, 0.1) is 6.67 Å². The Morgan fingerprint density at radius 2 is 1.52 bits per heavy atom. The van der Waals surface area contributed by atoms with Crippen molar-refractivity contribution in [1.82, 2.24) is 9.80 Å². The number of halogens is 1. The SMILES string of the molecule is CCCCCCCCCCN1C=CN(C)C1.O=P(O)(O)F. The second kappa shape index (κ2) is 12.0. The molecule has 2 N–H and O–H groups in total. The van der Waals surface area contributed by atoms with Crippen molar-refractivity contribution in [3.63, 3.8) is 0 Å². The second-order valence-electron chi connectivity index (χ2n) is 5.46. The van der Waals surface area contributed by atoms with Crippen molar-refractivity contribution in [2.75, 3.05) is 20.3 Å². The molecule has 0 aromatic rings. The van der Waals surface area contributed by atoms with Gasteiger partial charge in [-0.25, -0.2) is 4.57 Å². The van der Waals surface area contributed by atoms with Gasteiger partial charge in [0, 0.05) is 26.0 Å². The van der Waals surface area contributed by atoms with E-state index in [1.807, 2.05) is 0 Å². The summed E-state index contributed by atoms with van der Waals surface area (Å²) in [5, 5.41) is 0. The van der Waals surface area contributed by atoms with Crippen LogP contribution >= 0.6 is 7.91 Å². The van der Waals surface area contributed by atoms with E-state index in [-0.39, 0.29) is 0 Å². The molecule has 0 aliphatic carbocycles. The summed E-state index contributed by atoms with van der Waals surface area (Å²) < 4.78 is 19.0.